The molecule has 148 valence electrons. The van der Waals surface area contributed by atoms with Gasteiger partial charge in [0.2, 0.25) is 12.8 Å². The van der Waals surface area contributed by atoms with E-state index in [4.69, 9.17) is 0 Å². The van der Waals surface area contributed by atoms with Crippen LogP contribution in [0.3, 0.4) is 0 Å². The van der Waals surface area contributed by atoms with Gasteiger partial charge < -0.3 is 43.8 Å². The van der Waals surface area contributed by atoms with Crippen molar-refractivity contribution in [3.8, 4) is 0 Å². The van der Waals surface area contributed by atoms with Crippen molar-refractivity contribution in [2.24, 2.45) is 0 Å². The van der Waals surface area contributed by atoms with Crippen molar-refractivity contribution in [2.75, 3.05) is 33.9 Å². The van der Waals surface area contributed by atoms with Crippen LogP contribution in [0.1, 0.15) is 59.3 Å². The van der Waals surface area contributed by atoms with E-state index in [0.29, 0.717) is 6.17 Å². The molecule has 0 saturated carbocycles. The van der Waals surface area contributed by atoms with Crippen molar-refractivity contribution in [3.05, 3.63) is 24.8 Å². The maximum atomic E-state index is 2.48. The Kier molecular flexibility index (Phi) is 10.9. The number of unbranched alkanes of at least 4 members (excludes halogenated alkanes) is 4. The smallest absolute Gasteiger partial charge is 0.209 e. The van der Waals surface area contributed by atoms with E-state index in [2.05, 4.69) is 69.5 Å². The maximum absolute atomic E-state index is 2.48. The topological polar surface area (TPSA) is 6.48 Å². The van der Waals surface area contributed by atoms with Crippen LogP contribution in [0.15, 0.2) is 24.8 Å². The number of nitrogens with zero attached hydrogens (tertiary/aromatic N) is 4. The molecule has 0 spiro atoms. The second-order valence-corrected chi connectivity index (χ2v) is 7.53. The van der Waals surface area contributed by atoms with Gasteiger partial charge in [-0.15, -0.1) is 9.18 Å². The molecular weight excluding hydrogens is 444 g/mol. The van der Waals surface area contributed by atoms with Crippen LogP contribution in [0.2, 0.25) is 0 Å². The van der Waals surface area contributed by atoms with E-state index in [1.165, 1.54) is 51.6 Å². The standard InChI is InChI=1S/C19H38N4.2BrH/c1-6-8-10-11-14-22(16-12-20(4)18-22)23(15-9-7-2)17-13-21(5)19(23)3;;/h12-13,16-17,19H,6-11,14-15,18H2,1-5H3;2*1H/q+2;;/p-2. The van der Waals surface area contributed by atoms with Gasteiger partial charge in [0.1, 0.15) is 13.1 Å². The number of halogens is 2. The monoisotopic (exact) mass is 480 g/mol. The fourth-order valence-corrected chi connectivity index (χ4v) is 4.23. The summed E-state index contributed by atoms with van der Waals surface area (Å²) in [5.41, 5.74) is 0. The highest BCUT2D eigenvalue weighted by Gasteiger charge is 2.56. The van der Waals surface area contributed by atoms with Crippen molar-refractivity contribution in [1.29, 1.82) is 0 Å². The highest BCUT2D eigenvalue weighted by Crippen LogP contribution is 2.38. The molecular formula is C19H38Br2N4. The van der Waals surface area contributed by atoms with Gasteiger partial charge in [0.15, 0.2) is 12.4 Å². The van der Waals surface area contributed by atoms with Gasteiger partial charge in [-0.1, -0.05) is 33.1 Å². The third-order valence-electron chi connectivity index (χ3n) is 5.87. The summed E-state index contributed by atoms with van der Waals surface area (Å²) in [6, 6.07) is 0. The van der Waals surface area contributed by atoms with Crippen LogP contribution in [-0.4, -0.2) is 59.0 Å². The molecule has 0 aromatic rings. The lowest BCUT2D eigenvalue weighted by Gasteiger charge is -2.49. The second-order valence-electron chi connectivity index (χ2n) is 7.53. The van der Waals surface area contributed by atoms with E-state index in [-0.39, 0.29) is 34.0 Å². The van der Waals surface area contributed by atoms with Crippen LogP contribution in [0.5, 0.6) is 0 Å². The zero-order chi connectivity index (χ0) is 16.9. The number of hydrogen-bond acceptors (Lipinski definition) is 2. The third kappa shape index (κ3) is 5.02. The minimum absolute atomic E-state index is 0. The first-order chi connectivity index (χ1) is 11.0. The molecule has 0 aromatic carbocycles. The van der Waals surface area contributed by atoms with Gasteiger partial charge >= 0.3 is 0 Å². The zero-order valence-corrected chi connectivity index (χ0v) is 20.0. The molecule has 6 heteroatoms. The Hall–Kier alpha value is -0.0400. The molecule has 2 aliphatic heterocycles. The van der Waals surface area contributed by atoms with Crippen molar-refractivity contribution in [3.63, 3.8) is 0 Å². The molecule has 2 rings (SSSR count). The van der Waals surface area contributed by atoms with Crippen LogP contribution in [0.4, 0.5) is 0 Å². The zero-order valence-electron chi connectivity index (χ0n) is 16.8. The molecule has 0 aromatic heterocycles. The highest BCUT2D eigenvalue weighted by atomic mass is 79.9. The molecule has 0 fully saturated rings. The SMILES string of the molecule is CCCCCC[N+]1([N+]2(CCCC)C=CN(C)C2C)C=CN(C)C1.[Br-].[Br-]. The average molecular weight is 482 g/mol. The molecule has 3 atom stereocenters. The summed E-state index contributed by atoms with van der Waals surface area (Å²) in [5, 5.41) is 0. The lowest BCUT2D eigenvalue weighted by molar-refractivity contribution is -1.46. The fourth-order valence-electron chi connectivity index (χ4n) is 4.23. The van der Waals surface area contributed by atoms with E-state index in [0.717, 1.165) is 15.9 Å². The number of rotatable bonds is 9. The summed E-state index contributed by atoms with van der Waals surface area (Å²) in [7, 11) is 4.44. The lowest BCUT2D eigenvalue weighted by atomic mass is 10.2. The lowest BCUT2D eigenvalue weighted by Crippen LogP contribution is -3.00. The molecule has 2 aliphatic rings. The van der Waals surface area contributed by atoms with Crippen molar-refractivity contribution in [1.82, 2.24) is 9.80 Å². The minimum Gasteiger partial charge on any atom is -1.00 e. The Labute approximate surface area is 176 Å². The molecule has 4 nitrogen and oxygen atoms in total. The summed E-state index contributed by atoms with van der Waals surface area (Å²) in [6.45, 7) is 10.6. The van der Waals surface area contributed by atoms with Crippen LogP contribution in [0.25, 0.3) is 0 Å². The van der Waals surface area contributed by atoms with Gasteiger partial charge in [0, 0.05) is 33.9 Å². The van der Waals surface area contributed by atoms with Gasteiger partial charge in [-0.25, -0.2) is 0 Å². The van der Waals surface area contributed by atoms with Gasteiger partial charge in [-0.2, -0.15) is 0 Å². The normalized spacial score (nSPS) is 30.5. The van der Waals surface area contributed by atoms with Crippen molar-refractivity contribution in [2.45, 2.75) is 65.5 Å². The average Bonchev–Trinajstić information content (AvgIpc) is 3.06. The Morgan fingerprint density at radius 3 is 2.04 bits per heavy atom. The molecule has 0 N–H and O–H groups in total. The maximum Gasteiger partial charge on any atom is 0.209 e. The molecule has 0 amide bonds. The molecule has 0 bridgehead atoms. The van der Waals surface area contributed by atoms with Gasteiger partial charge in [0.05, 0.1) is 12.4 Å². The molecule has 25 heavy (non-hydrogen) atoms. The van der Waals surface area contributed by atoms with Crippen LogP contribution >= 0.6 is 0 Å². The molecule has 0 radical (unpaired) electrons. The summed E-state index contributed by atoms with van der Waals surface area (Å²) >= 11 is 0. The van der Waals surface area contributed by atoms with E-state index >= 15 is 0 Å². The van der Waals surface area contributed by atoms with Crippen molar-refractivity contribution < 1.29 is 43.1 Å². The molecule has 3 unspecified atom stereocenters. The first-order valence-electron chi connectivity index (χ1n) is 9.57. The Morgan fingerprint density at radius 1 is 0.880 bits per heavy atom. The number of hydrogen-bond donors (Lipinski definition) is 0. The summed E-state index contributed by atoms with van der Waals surface area (Å²) in [5.74, 6) is 0. The van der Waals surface area contributed by atoms with Crippen LogP contribution < -0.4 is 34.0 Å². The predicted molar refractivity (Wildman–Crippen MR) is 97.4 cm³/mol. The van der Waals surface area contributed by atoms with Gasteiger partial charge in [0.25, 0.3) is 0 Å². The van der Waals surface area contributed by atoms with Crippen LogP contribution in [0, 0.1) is 0 Å². The largest absolute Gasteiger partial charge is 1.00 e. The predicted octanol–water partition coefficient (Wildman–Crippen LogP) is -1.94. The Balaban J connectivity index is 0.00000288. The molecule has 0 saturated heterocycles. The molecule has 0 aliphatic carbocycles. The summed E-state index contributed by atoms with van der Waals surface area (Å²) < 4.78 is 2.11. The minimum atomic E-state index is 0. The van der Waals surface area contributed by atoms with Gasteiger partial charge in [-0.05, 0) is 6.42 Å². The summed E-state index contributed by atoms with van der Waals surface area (Å²) in [6.07, 6.45) is 18.0. The van der Waals surface area contributed by atoms with E-state index < -0.39 is 0 Å². The third-order valence-corrected chi connectivity index (χ3v) is 5.87. The first kappa shape index (κ1) is 25.0. The van der Waals surface area contributed by atoms with Gasteiger partial charge in [-0.3, -0.25) is 0 Å². The highest BCUT2D eigenvalue weighted by molar-refractivity contribution is 4.85. The fraction of sp³-hybridized carbons (Fsp3) is 0.789. The quantitative estimate of drug-likeness (QED) is 0.279. The number of quaternary nitrogens is 2. The van der Waals surface area contributed by atoms with Crippen molar-refractivity contribution >= 4 is 0 Å². The Morgan fingerprint density at radius 2 is 1.56 bits per heavy atom. The van der Waals surface area contributed by atoms with Crippen LogP contribution in [-0.2, 0) is 0 Å². The Bertz CT molecular complexity index is 443. The first-order valence-corrected chi connectivity index (χ1v) is 9.57. The molecule has 2 heterocycles. The van der Waals surface area contributed by atoms with E-state index in [9.17, 15) is 0 Å². The van der Waals surface area contributed by atoms with E-state index in [1.807, 2.05) is 0 Å². The van der Waals surface area contributed by atoms with E-state index in [1.54, 1.807) is 0 Å². The second kappa shape index (κ2) is 11.0. The summed E-state index contributed by atoms with van der Waals surface area (Å²) in [4.78, 5) is 4.76.